The number of ether oxygens (including phenoxy) is 2. The molecule has 0 spiro atoms. The van der Waals surface area contributed by atoms with Crippen molar-refractivity contribution >= 4 is 0 Å². The van der Waals surface area contributed by atoms with Crippen LogP contribution in [-0.4, -0.2) is 75.6 Å². The summed E-state index contributed by atoms with van der Waals surface area (Å²) in [5.74, 6) is 15.7. The molecule has 0 aromatic carbocycles. The molecule has 0 aliphatic carbocycles. The van der Waals surface area contributed by atoms with E-state index in [1.165, 1.54) is 0 Å². The van der Waals surface area contributed by atoms with Crippen molar-refractivity contribution in [3.05, 3.63) is 12.2 Å². The van der Waals surface area contributed by atoms with Gasteiger partial charge in [0.05, 0.1) is 12.7 Å². The highest BCUT2D eigenvalue weighted by Gasteiger charge is 2.44. The van der Waals surface area contributed by atoms with Crippen LogP contribution in [0.5, 0.6) is 0 Å². The Hall–Kier alpha value is -1.86. The van der Waals surface area contributed by atoms with Crippen LogP contribution in [0.25, 0.3) is 0 Å². The van der Waals surface area contributed by atoms with E-state index >= 15 is 0 Å². The fourth-order valence-electron chi connectivity index (χ4n) is 2.42. The van der Waals surface area contributed by atoms with Crippen molar-refractivity contribution in [3.63, 3.8) is 0 Å². The Morgan fingerprint density at radius 3 is 2.41 bits per heavy atom. The summed E-state index contributed by atoms with van der Waals surface area (Å²) in [7, 11) is 0. The number of allylic oxidation sites excluding steroid dienone is 2. The molecule has 1 heterocycles. The third-order valence-corrected chi connectivity index (χ3v) is 3.87. The first kappa shape index (κ1) is 23.2. The molecule has 1 aliphatic heterocycles. The second kappa shape index (κ2) is 13.3. The van der Waals surface area contributed by atoms with Crippen molar-refractivity contribution in [2.24, 2.45) is 0 Å². The van der Waals surface area contributed by atoms with Crippen LogP contribution in [-0.2, 0) is 9.47 Å². The second-order valence-corrected chi connectivity index (χ2v) is 5.84. The number of aliphatic hydroxyl groups is 5. The maximum absolute atomic E-state index is 10.0. The van der Waals surface area contributed by atoms with Crippen molar-refractivity contribution in [2.45, 2.75) is 63.0 Å². The number of aliphatic hydroxyl groups excluding tert-OH is 5. The standard InChI is InChI=1S/C20H26O7/c1-2-3-4-5-6-7-8-9-10-11-15(12-13-21)26-20-19(25)18(24)17(23)16(14-22)27-20/h8-9,15-25H,10-14H2,1H3/b9-8+/t15?,16-,17-,18+,19-,20-/m1/s1. The largest absolute Gasteiger partial charge is 0.396 e. The van der Waals surface area contributed by atoms with Crippen LogP contribution in [0.4, 0.5) is 0 Å². The van der Waals surface area contributed by atoms with Crippen molar-refractivity contribution in [3.8, 4) is 35.5 Å². The highest BCUT2D eigenvalue weighted by atomic mass is 16.7. The van der Waals surface area contributed by atoms with Gasteiger partial charge in [0.2, 0.25) is 0 Å². The minimum atomic E-state index is -1.50. The topological polar surface area (TPSA) is 120 Å². The zero-order valence-corrected chi connectivity index (χ0v) is 15.2. The molecule has 0 saturated carbocycles. The molecule has 0 bridgehead atoms. The third kappa shape index (κ3) is 8.13. The molecular formula is C20H26O7. The zero-order chi connectivity index (χ0) is 20.1. The lowest BCUT2D eigenvalue weighted by Crippen LogP contribution is -2.59. The molecule has 27 heavy (non-hydrogen) atoms. The molecule has 148 valence electrons. The van der Waals surface area contributed by atoms with Crippen molar-refractivity contribution in [2.75, 3.05) is 13.2 Å². The first-order chi connectivity index (χ1) is 13.0. The Morgan fingerprint density at radius 1 is 1.00 bits per heavy atom. The van der Waals surface area contributed by atoms with Gasteiger partial charge in [-0.3, -0.25) is 0 Å². The minimum absolute atomic E-state index is 0.125. The summed E-state index contributed by atoms with van der Waals surface area (Å²) in [6, 6.07) is 0. The molecule has 5 N–H and O–H groups in total. The molecule has 1 aliphatic rings. The van der Waals surface area contributed by atoms with E-state index in [1.54, 1.807) is 13.0 Å². The molecule has 0 amide bonds. The Morgan fingerprint density at radius 2 is 1.74 bits per heavy atom. The molecule has 1 rings (SSSR count). The Bertz CT molecular complexity index is 638. The first-order valence-electron chi connectivity index (χ1n) is 8.69. The van der Waals surface area contributed by atoms with Crippen LogP contribution in [0.3, 0.4) is 0 Å². The maximum Gasteiger partial charge on any atom is 0.186 e. The molecule has 1 unspecified atom stereocenters. The molecule has 1 saturated heterocycles. The SMILES string of the molecule is CC#CC#CC#C/C=C/CCC(CCO)O[C@@H]1O[C@H](CO)[C@@H](O)[C@H](O)[C@H]1O. The van der Waals surface area contributed by atoms with Crippen molar-refractivity contribution in [1.82, 2.24) is 0 Å². The van der Waals surface area contributed by atoms with Gasteiger partial charge >= 0.3 is 0 Å². The molecule has 1 fully saturated rings. The summed E-state index contributed by atoms with van der Waals surface area (Å²) >= 11 is 0. The Balaban J connectivity index is 2.55. The van der Waals surface area contributed by atoms with E-state index in [0.29, 0.717) is 19.3 Å². The minimum Gasteiger partial charge on any atom is -0.396 e. The Labute approximate surface area is 159 Å². The predicted octanol–water partition coefficient (Wildman–Crippen LogP) is -1.08. The van der Waals surface area contributed by atoms with Gasteiger partial charge in [0.15, 0.2) is 6.29 Å². The quantitative estimate of drug-likeness (QED) is 0.341. The number of rotatable bonds is 8. The van der Waals surface area contributed by atoms with E-state index in [9.17, 15) is 25.5 Å². The highest BCUT2D eigenvalue weighted by Crippen LogP contribution is 2.24. The summed E-state index contributed by atoms with van der Waals surface area (Å²) in [6.45, 7) is 1.04. The van der Waals surface area contributed by atoms with Gasteiger partial charge in [0.25, 0.3) is 0 Å². The summed E-state index contributed by atoms with van der Waals surface area (Å²) in [5, 5.41) is 48.0. The smallest absolute Gasteiger partial charge is 0.186 e. The zero-order valence-electron chi connectivity index (χ0n) is 15.2. The van der Waals surface area contributed by atoms with Crippen LogP contribution >= 0.6 is 0 Å². The van der Waals surface area contributed by atoms with Crippen LogP contribution in [0.15, 0.2) is 12.2 Å². The lowest BCUT2D eigenvalue weighted by Gasteiger charge is -2.40. The van der Waals surface area contributed by atoms with Crippen LogP contribution in [0.1, 0.15) is 26.2 Å². The van der Waals surface area contributed by atoms with Gasteiger partial charge in [-0.05, 0) is 55.9 Å². The van der Waals surface area contributed by atoms with E-state index < -0.39 is 43.4 Å². The molecule has 0 radical (unpaired) electrons. The normalized spacial score (nSPS) is 28.3. The van der Waals surface area contributed by atoms with Gasteiger partial charge in [-0.15, -0.1) is 0 Å². The van der Waals surface area contributed by atoms with Crippen LogP contribution in [0.2, 0.25) is 0 Å². The summed E-state index contributed by atoms with van der Waals surface area (Å²) in [4.78, 5) is 0. The molecule has 6 atom stereocenters. The van der Waals surface area contributed by atoms with E-state index in [0.717, 1.165) is 0 Å². The van der Waals surface area contributed by atoms with Crippen molar-refractivity contribution < 1.29 is 35.0 Å². The van der Waals surface area contributed by atoms with Gasteiger partial charge in [0.1, 0.15) is 24.4 Å². The fraction of sp³-hybridized carbons (Fsp3) is 0.600. The summed E-state index contributed by atoms with van der Waals surface area (Å²) < 4.78 is 11.0. The molecule has 7 nitrogen and oxygen atoms in total. The summed E-state index contributed by atoms with van der Waals surface area (Å²) in [6.07, 6.45) is -2.20. The van der Waals surface area contributed by atoms with Gasteiger partial charge in [0, 0.05) is 6.61 Å². The Kier molecular flexibility index (Phi) is 11.4. The van der Waals surface area contributed by atoms with Gasteiger partial charge < -0.3 is 35.0 Å². The average Bonchev–Trinajstić information content (AvgIpc) is 2.67. The fourth-order valence-corrected chi connectivity index (χ4v) is 2.42. The number of hydrogen-bond acceptors (Lipinski definition) is 7. The van der Waals surface area contributed by atoms with E-state index in [2.05, 4.69) is 35.5 Å². The van der Waals surface area contributed by atoms with Gasteiger partial charge in [-0.25, -0.2) is 0 Å². The van der Waals surface area contributed by atoms with Crippen molar-refractivity contribution in [1.29, 1.82) is 0 Å². The van der Waals surface area contributed by atoms with Gasteiger partial charge in [-0.2, -0.15) is 0 Å². The molecule has 0 aromatic rings. The molecule has 7 heteroatoms. The summed E-state index contributed by atoms with van der Waals surface area (Å²) in [5.41, 5.74) is 0. The van der Waals surface area contributed by atoms with E-state index in [1.807, 2.05) is 6.08 Å². The highest BCUT2D eigenvalue weighted by molar-refractivity contribution is 5.37. The van der Waals surface area contributed by atoms with Crippen LogP contribution < -0.4 is 0 Å². The number of hydrogen-bond donors (Lipinski definition) is 5. The second-order valence-electron chi connectivity index (χ2n) is 5.84. The predicted molar refractivity (Wildman–Crippen MR) is 97.7 cm³/mol. The third-order valence-electron chi connectivity index (χ3n) is 3.87. The first-order valence-corrected chi connectivity index (χ1v) is 8.69. The average molecular weight is 378 g/mol. The monoisotopic (exact) mass is 378 g/mol. The lowest BCUT2D eigenvalue weighted by molar-refractivity contribution is -0.312. The van der Waals surface area contributed by atoms with E-state index in [4.69, 9.17) is 9.47 Å². The molecular weight excluding hydrogens is 352 g/mol. The van der Waals surface area contributed by atoms with Crippen LogP contribution in [0, 0.1) is 35.5 Å². The molecule has 0 aromatic heterocycles. The maximum atomic E-state index is 10.0. The lowest BCUT2D eigenvalue weighted by atomic mass is 9.99. The van der Waals surface area contributed by atoms with E-state index in [-0.39, 0.29) is 6.61 Å². The van der Waals surface area contributed by atoms with Gasteiger partial charge in [-0.1, -0.05) is 17.9 Å².